The van der Waals surface area contributed by atoms with Gasteiger partial charge in [-0.3, -0.25) is 14.4 Å². The van der Waals surface area contributed by atoms with Crippen LogP contribution < -0.4 is 15.8 Å². The first-order chi connectivity index (χ1) is 26.0. The molecule has 0 unspecified atom stereocenters. The number of aromatic nitrogens is 7. The number of fused-ring (bicyclic) bond motifs is 3. The second-order valence-corrected chi connectivity index (χ2v) is 13.4. The van der Waals surface area contributed by atoms with Crippen molar-refractivity contribution < 1.29 is 27.5 Å². The van der Waals surface area contributed by atoms with Gasteiger partial charge >= 0.3 is 6.18 Å². The molecule has 2 amide bonds. The van der Waals surface area contributed by atoms with Crippen LogP contribution in [0.4, 0.5) is 24.5 Å². The monoisotopic (exact) mass is 760 g/mol. The minimum absolute atomic E-state index is 0.00833. The number of nitrogens with zero attached hydrogens (tertiary/aromatic N) is 8. The van der Waals surface area contributed by atoms with Crippen LogP contribution in [0.15, 0.2) is 59.8 Å². The Hall–Kier alpha value is -5.81. The third kappa shape index (κ3) is 6.42. The van der Waals surface area contributed by atoms with Crippen molar-refractivity contribution in [2.45, 2.75) is 39.1 Å². The Kier molecular flexibility index (Phi) is 9.05. The number of carbonyl (C=O) groups is 2. The van der Waals surface area contributed by atoms with Crippen molar-refractivity contribution in [1.29, 1.82) is 0 Å². The molecule has 6 aromatic rings. The molecule has 0 atom stereocenters. The van der Waals surface area contributed by atoms with Gasteiger partial charge in [-0.1, -0.05) is 30.7 Å². The highest BCUT2D eigenvalue weighted by Crippen LogP contribution is 2.34. The molecule has 2 aliphatic rings. The molecule has 18 heteroatoms. The number of H-pyrrole nitrogens is 1. The lowest BCUT2D eigenvalue weighted by Crippen LogP contribution is -2.51. The van der Waals surface area contributed by atoms with Gasteiger partial charge in [-0.25, -0.2) is 9.97 Å². The molecule has 8 rings (SSSR count). The van der Waals surface area contributed by atoms with E-state index >= 15 is 0 Å². The lowest BCUT2D eigenvalue weighted by molar-refractivity contribution is -0.137. The Bertz CT molecular complexity index is 2500. The number of alkyl halides is 3. The van der Waals surface area contributed by atoms with E-state index in [1.165, 1.54) is 10.8 Å². The number of hydrogen-bond acceptors (Lipinski definition) is 9. The Labute approximate surface area is 309 Å². The minimum Gasteiger partial charge on any atom is -0.376 e. The van der Waals surface area contributed by atoms with Crippen molar-refractivity contribution in [1.82, 2.24) is 39.0 Å². The van der Waals surface area contributed by atoms with Crippen LogP contribution >= 0.6 is 11.6 Å². The zero-order valence-electron chi connectivity index (χ0n) is 28.8. The van der Waals surface area contributed by atoms with Crippen LogP contribution in [0.25, 0.3) is 28.2 Å². The summed E-state index contributed by atoms with van der Waals surface area (Å²) in [6.07, 6.45) is -0.548. The first kappa shape index (κ1) is 35.2. The van der Waals surface area contributed by atoms with Crippen LogP contribution in [0.2, 0.25) is 5.02 Å². The summed E-state index contributed by atoms with van der Waals surface area (Å²) < 4.78 is 48.1. The SMILES string of the molecule is CCc1c(N2CCN(C(=O)c3nccc4[nH]cnc34)CC2)c(=O)n2nc(-c3ccc4c(c3)CCOC4)nc2n1CC(=O)Nc1ccc(C(F)(F)F)cc1Cl. The number of pyridine rings is 1. The second kappa shape index (κ2) is 13.9. The summed E-state index contributed by atoms with van der Waals surface area (Å²) in [6, 6.07) is 10.2. The molecule has 6 heterocycles. The standard InChI is InChI=1S/C36H32ClF3N10O4/c1-2-27-31(47-10-12-48(13-11-47)33(52)30-29-26(7-9-41-30)42-19-43-29)34(53)50-35(45-32(46-50)21-3-4-22-18-54-14-8-20(22)15-21)49(27)17-28(51)44-25-6-5-23(16-24(25)37)36(38,39)40/h3-7,9,15-16,19H,2,8,10-14,17-18H2,1H3,(H,42,43)(H,44,51). The Balaban J connectivity index is 1.15. The maximum atomic E-state index is 14.4. The van der Waals surface area contributed by atoms with Crippen LogP contribution in [0, 0.1) is 0 Å². The van der Waals surface area contributed by atoms with E-state index in [-0.39, 0.29) is 66.6 Å². The van der Waals surface area contributed by atoms with E-state index in [0.717, 1.165) is 29.3 Å². The molecule has 54 heavy (non-hydrogen) atoms. The van der Waals surface area contributed by atoms with E-state index in [1.807, 2.05) is 30.0 Å². The number of piperazine rings is 1. The summed E-state index contributed by atoms with van der Waals surface area (Å²) >= 11 is 6.16. The highest BCUT2D eigenvalue weighted by Gasteiger charge is 2.32. The normalized spacial score (nSPS) is 14.8. The van der Waals surface area contributed by atoms with Crippen LogP contribution in [0.3, 0.4) is 0 Å². The van der Waals surface area contributed by atoms with Gasteiger partial charge in [0, 0.05) is 37.9 Å². The number of ether oxygens (including phenoxy) is 1. The van der Waals surface area contributed by atoms with E-state index in [4.69, 9.17) is 21.3 Å². The summed E-state index contributed by atoms with van der Waals surface area (Å²) in [5.41, 5.74) is 3.58. The average Bonchev–Trinajstić information content (AvgIpc) is 3.84. The maximum absolute atomic E-state index is 14.4. The zero-order chi connectivity index (χ0) is 37.7. The van der Waals surface area contributed by atoms with Gasteiger partial charge in [0.2, 0.25) is 11.7 Å². The lowest BCUT2D eigenvalue weighted by Gasteiger charge is -2.36. The molecule has 2 aromatic carbocycles. The number of carbonyl (C=O) groups excluding carboxylic acids is 2. The van der Waals surface area contributed by atoms with Gasteiger partial charge in [-0.05, 0) is 54.3 Å². The molecule has 14 nitrogen and oxygen atoms in total. The number of hydrogen-bond donors (Lipinski definition) is 2. The molecule has 0 saturated carbocycles. The van der Waals surface area contributed by atoms with Crippen molar-refractivity contribution in [3.63, 3.8) is 0 Å². The fourth-order valence-electron chi connectivity index (χ4n) is 6.99. The number of aromatic amines is 1. The van der Waals surface area contributed by atoms with Crippen molar-refractivity contribution in [2.24, 2.45) is 0 Å². The summed E-state index contributed by atoms with van der Waals surface area (Å²) in [4.78, 5) is 61.4. The molecular weight excluding hydrogens is 729 g/mol. The summed E-state index contributed by atoms with van der Waals surface area (Å²) in [7, 11) is 0. The van der Waals surface area contributed by atoms with Crippen LogP contribution in [0.5, 0.6) is 0 Å². The van der Waals surface area contributed by atoms with Gasteiger partial charge in [-0.2, -0.15) is 22.7 Å². The molecular formula is C36H32ClF3N10O4. The Morgan fingerprint density at radius 1 is 1.04 bits per heavy atom. The molecule has 0 radical (unpaired) electrons. The Morgan fingerprint density at radius 3 is 2.61 bits per heavy atom. The second-order valence-electron chi connectivity index (χ2n) is 13.0. The molecule has 2 aliphatic heterocycles. The van der Waals surface area contributed by atoms with Gasteiger partial charge in [0.1, 0.15) is 17.7 Å². The van der Waals surface area contributed by atoms with E-state index < -0.39 is 23.2 Å². The predicted molar refractivity (Wildman–Crippen MR) is 193 cm³/mol. The smallest absolute Gasteiger partial charge is 0.376 e. The van der Waals surface area contributed by atoms with Gasteiger partial charge in [0.25, 0.3) is 11.5 Å². The third-order valence-electron chi connectivity index (χ3n) is 9.69. The van der Waals surface area contributed by atoms with Crippen LogP contribution in [-0.2, 0) is 41.7 Å². The van der Waals surface area contributed by atoms with Crippen LogP contribution in [0.1, 0.15) is 39.8 Å². The summed E-state index contributed by atoms with van der Waals surface area (Å²) in [6.45, 7) is 3.68. The molecule has 2 N–H and O–H groups in total. The minimum atomic E-state index is -4.61. The maximum Gasteiger partial charge on any atom is 0.416 e. The van der Waals surface area contributed by atoms with Gasteiger partial charge < -0.3 is 29.4 Å². The number of halogens is 4. The quantitative estimate of drug-likeness (QED) is 0.235. The number of rotatable bonds is 7. The third-order valence-corrected chi connectivity index (χ3v) is 10.0. The van der Waals surface area contributed by atoms with Crippen molar-refractivity contribution in [3.05, 3.63) is 98.4 Å². The fourth-order valence-corrected chi connectivity index (χ4v) is 7.22. The highest BCUT2D eigenvalue weighted by molar-refractivity contribution is 6.33. The topological polar surface area (TPSA) is 156 Å². The van der Waals surface area contributed by atoms with Gasteiger partial charge in [-0.15, -0.1) is 5.10 Å². The number of benzene rings is 2. The van der Waals surface area contributed by atoms with Gasteiger partial charge in [0.15, 0.2) is 11.5 Å². The zero-order valence-corrected chi connectivity index (χ0v) is 29.5. The first-order valence-electron chi connectivity index (χ1n) is 17.2. The molecule has 278 valence electrons. The summed E-state index contributed by atoms with van der Waals surface area (Å²) in [5, 5.41) is 6.96. The van der Waals surface area contributed by atoms with E-state index in [0.29, 0.717) is 54.0 Å². The number of imidazole rings is 1. The molecule has 4 aromatic heterocycles. The highest BCUT2D eigenvalue weighted by atomic mass is 35.5. The predicted octanol–water partition coefficient (Wildman–Crippen LogP) is 4.74. The first-order valence-corrected chi connectivity index (χ1v) is 17.6. The molecule has 1 saturated heterocycles. The van der Waals surface area contributed by atoms with Gasteiger partial charge in [0.05, 0.1) is 47.0 Å². The molecule has 0 aliphatic carbocycles. The number of amides is 2. The molecule has 1 fully saturated rings. The Morgan fingerprint density at radius 2 is 1.85 bits per heavy atom. The van der Waals surface area contributed by atoms with Crippen molar-refractivity contribution in [3.8, 4) is 11.4 Å². The average molecular weight is 761 g/mol. The largest absolute Gasteiger partial charge is 0.416 e. The lowest BCUT2D eigenvalue weighted by atomic mass is 10.0. The fraction of sp³-hybridized carbons (Fsp3) is 0.306. The van der Waals surface area contributed by atoms with Crippen LogP contribution in [-0.4, -0.2) is 83.6 Å². The summed E-state index contributed by atoms with van der Waals surface area (Å²) in [5.74, 6) is -0.517. The van der Waals surface area contributed by atoms with Crippen molar-refractivity contribution >= 4 is 51.6 Å². The van der Waals surface area contributed by atoms with E-state index in [2.05, 4.69) is 25.4 Å². The van der Waals surface area contributed by atoms with E-state index in [1.54, 1.807) is 21.7 Å². The molecule has 0 spiro atoms. The number of nitrogens with one attached hydrogen (secondary N) is 2. The van der Waals surface area contributed by atoms with Crippen molar-refractivity contribution in [2.75, 3.05) is 43.0 Å². The molecule has 0 bridgehead atoms. The number of anilines is 2. The van der Waals surface area contributed by atoms with E-state index in [9.17, 15) is 27.6 Å².